The normalized spacial score (nSPS) is 14.6. The van der Waals surface area contributed by atoms with Gasteiger partial charge in [0, 0.05) is 5.41 Å². The smallest absolute Gasteiger partial charge is 0.423 e. The lowest BCUT2D eigenvalue weighted by atomic mass is 9.55. The van der Waals surface area contributed by atoms with Gasteiger partial charge in [0.05, 0.1) is 0 Å². The molecule has 1 aliphatic carbocycles. The Kier molecular flexibility index (Phi) is 4.58. The molecule has 0 aromatic heterocycles. The van der Waals surface area contributed by atoms with Gasteiger partial charge in [0.1, 0.15) is 0 Å². The fourth-order valence-corrected chi connectivity index (χ4v) is 4.89. The molecule has 0 atom stereocenters. The minimum atomic E-state index is -1.78. The zero-order valence-corrected chi connectivity index (χ0v) is 15.1. The first kappa shape index (κ1) is 18.2. The summed E-state index contributed by atoms with van der Waals surface area (Å²) in [4.78, 5) is 0. The summed E-state index contributed by atoms with van der Waals surface area (Å²) < 4.78 is 0. The van der Waals surface area contributed by atoms with Crippen LogP contribution in [0, 0.1) is 11.8 Å². The van der Waals surface area contributed by atoms with Crippen molar-refractivity contribution in [2.75, 3.05) is 0 Å². The third-order valence-corrected chi connectivity index (χ3v) is 5.71. The second-order valence-corrected chi connectivity index (χ2v) is 7.46. The third kappa shape index (κ3) is 2.40. The van der Waals surface area contributed by atoms with Gasteiger partial charge >= 0.3 is 14.2 Å². The van der Waals surface area contributed by atoms with Gasteiger partial charge in [-0.15, -0.1) is 0 Å². The molecule has 0 saturated heterocycles. The van der Waals surface area contributed by atoms with Crippen molar-refractivity contribution < 1.29 is 20.1 Å². The minimum absolute atomic E-state index is 0.146. The van der Waals surface area contributed by atoms with Crippen molar-refractivity contribution in [2.45, 2.75) is 33.1 Å². The predicted octanol–water partition coefficient (Wildman–Crippen LogP) is 0.625. The number of fused-ring (bicyclic) bond motifs is 3. The van der Waals surface area contributed by atoms with E-state index < -0.39 is 19.7 Å². The van der Waals surface area contributed by atoms with E-state index in [1.54, 1.807) is 6.07 Å². The first-order chi connectivity index (χ1) is 11.7. The van der Waals surface area contributed by atoms with Gasteiger partial charge in [-0.05, 0) is 45.0 Å². The predicted molar refractivity (Wildman–Crippen MR) is 102 cm³/mol. The van der Waals surface area contributed by atoms with Gasteiger partial charge in [-0.2, -0.15) is 0 Å². The standard InChI is InChI=1S/C19H24B2O4/c1-11(2)19(12(3)4)15-8-6-5-7-13(15)14-9-10-16(20(22)23)18(17(14)19)21(24)25/h5-12,22-25H,1-4H3. The summed E-state index contributed by atoms with van der Waals surface area (Å²) >= 11 is 0. The van der Waals surface area contributed by atoms with Crippen LogP contribution in [0.25, 0.3) is 11.1 Å². The van der Waals surface area contributed by atoms with Crippen LogP contribution in [-0.4, -0.2) is 34.3 Å². The summed E-state index contributed by atoms with van der Waals surface area (Å²) in [6, 6.07) is 11.6. The highest BCUT2D eigenvalue weighted by molar-refractivity contribution is 6.72. The van der Waals surface area contributed by atoms with E-state index in [9.17, 15) is 20.1 Å². The summed E-state index contributed by atoms with van der Waals surface area (Å²) in [5.74, 6) is 0.358. The monoisotopic (exact) mass is 338 g/mol. The zero-order chi connectivity index (χ0) is 18.5. The minimum Gasteiger partial charge on any atom is -0.423 e. The topological polar surface area (TPSA) is 80.9 Å². The van der Waals surface area contributed by atoms with Crippen LogP contribution in [0.3, 0.4) is 0 Å². The molecule has 3 rings (SSSR count). The van der Waals surface area contributed by atoms with Gasteiger partial charge < -0.3 is 20.1 Å². The highest BCUT2D eigenvalue weighted by Gasteiger charge is 2.50. The van der Waals surface area contributed by atoms with Crippen molar-refractivity contribution in [1.82, 2.24) is 0 Å². The molecule has 0 heterocycles. The van der Waals surface area contributed by atoms with Crippen LogP contribution in [-0.2, 0) is 5.41 Å². The molecule has 4 nitrogen and oxygen atoms in total. The Bertz CT molecular complexity index is 792. The summed E-state index contributed by atoms with van der Waals surface area (Å²) in [6.07, 6.45) is 0. The van der Waals surface area contributed by atoms with Crippen molar-refractivity contribution >= 4 is 25.2 Å². The van der Waals surface area contributed by atoms with Gasteiger partial charge in [0.2, 0.25) is 0 Å². The van der Waals surface area contributed by atoms with Crippen molar-refractivity contribution in [3.05, 3.63) is 47.5 Å². The molecule has 0 unspecified atom stereocenters. The Morgan fingerprint density at radius 2 is 1.36 bits per heavy atom. The van der Waals surface area contributed by atoms with E-state index in [2.05, 4.69) is 33.8 Å². The Morgan fingerprint density at radius 1 is 0.760 bits per heavy atom. The fourth-order valence-electron chi connectivity index (χ4n) is 4.89. The molecular formula is C19H24B2O4. The maximum Gasteiger partial charge on any atom is 0.488 e. The van der Waals surface area contributed by atoms with Crippen LogP contribution in [0.4, 0.5) is 0 Å². The summed E-state index contributed by atoms with van der Waals surface area (Å²) in [5.41, 5.74) is 3.89. The number of rotatable bonds is 4. The molecule has 25 heavy (non-hydrogen) atoms. The van der Waals surface area contributed by atoms with Crippen LogP contribution < -0.4 is 10.9 Å². The van der Waals surface area contributed by atoms with E-state index in [-0.39, 0.29) is 22.8 Å². The second-order valence-electron chi connectivity index (χ2n) is 7.46. The average molecular weight is 338 g/mol. The van der Waals surface area contributed by atoms with E-state index in [0.717, 1.165) is 22.3 Å². The number of hydrogen-bond acceptors (Lipinski definition) is 4. The SMILES string of the molecule is CC(C)C1(C(C)C)c2ccccc2-c2ccc(B(O)O)c(B(O)O)c21. The lowest BCUT2D eigenvalue weighted by molar-refractivity contribution is 0.281. The molecule has 0 radical (unpaired) electrons. The Morgan fingerprint density at radius 3 is 1.88 bits per heavy atom. The molecule has 0 saturated carbocycles. The molecule has 130 valence electrons. The van der Waals surface area contributed by atoms with E-state index in [0.29, 0.717) is 0 Å². The molecule has 0 bridgehead atoms. The average Bonchev–Trinajstić information content (AvgIpc) is 2.85. The first-order valence-corrected chi connectivity index (χ1v) is 8.73. The molecule has 4 N–H and O–H groups in total. The molecule has 2 aromatic rings. The first-order valence-electron chi connectivity index (χ1n) is 8.73. The van der Waals surface area contributed by atoms with Crippen LogP contribution in [0.2, 0.25) is 0 Å². The maximum absolute atomic E-state index is 10.1. The molecular weight excluding hydrogens is 314 g/mol. The van der Waals surface area contributed by atoms with E-state index in [1.807, 2.05) is 24.3 Å². The highest BCUT2D eigenvalue weighted by Crippen LogP contribution is 2.55. The molecule has 2 aromatic carbocycles. The fraction of sp³-hybridized carbons (Fsp3) is 0.368. The molecule has 0 fully saturated rings. The van der Waals surface area contributed by atoms with Crippen LogP contribution in [0.15, 0.2) is 36.4 Å². The lowest BCUT2D eigenvalue weighted by Crippen LogP contribution is -2.55. The van der Waals surface area contributed by atoms with Crippen LogP contribution in [0.1, 0.15) is 38.8 Å². The van der Waals surface area contributed by atoms with Gasteiger partial charge in [0.25, 0.3) is 0 Å². The van der Waals surface area contributed by atoms with Crippen LogP contribution >= 0.6 is 0 Å². The van der Waals surface area contributed by atoms with Gasteiger partial charge in [-0.25, -0.2) is 0 Å². The van der Waals surface area contributed by atoms with Gasteiger partial charge in [-0.1, -0.05) is 64.1 Å². The maximum atomic E-state index is 10.1. The van der Waals surface area contributed by atoms with Crippen molar-refractivity contribution in [3.63, 3.8) is 0 Å². The van der Waals surface area contributed by atoms with Gasteiger partial charge in [0.15, 0.2) is 0 Å². The molecule has 0 spiro atoms. The lowest BCUT2D eigenvalue weighted by Gasteiger charge is -2.41. The molecule has 1 aliphatic rings. The van der Waals surface area contributed by atoms with E-state index in [1.165, 1.54) is 0 Å². The Labute approximate surface area is 149 Å². The zero-order valence-electron chi connectivity index (χ0n) is 15.1. The summed E-state index contributed by atoms with van der Waals surface area (Å²) in [6.45, 7) is 8.51. The molecule has 0 amide bonds. The number of benzene rings is 2. The summed E-state index contributed by atoms with van der Waals surface area (Å²) in [7, 11) is -3.54. The Hall–Kier alpha value is -1.59. The number of hydrogen-bond donors (Lipinski definition) is 4. The van der Waals surface area contributed by atoms with Crippen LogP contribution in [0.5, 0.6) is 0 Å². The largest absolute Gasteiger partial charge is 0.488 e. The van der Waals surface area contributed by atoms with Crippen molar-refractivity contribution in [2.24, 2.45) is 11.8 Å². The van der Waals surface area contributed by atoms with Crippen molar-refractivity contribution in [3.8, 4) is 11.1 Å². The van der Waals surface area contributed by atoms with E-state index in [4.69, 9.17) is 0 Å². The summed E-state index contributed by atoms with van der Waals surface area (Å²) in [5, 5.41) is 39.8. The second kappa shape index (κ2) is 6.29. The van der Waals surface area contributed by atoms with Crippen molar-refractivity contribution in [1.29, 1.82) is 0 Å². The van der Waals surface area contributed by atoms with Gasteiger partial charge in [-0.3, -0.25) is 0 Å². The molecule has 6 heteroatoms. The highest BCUT2D eigenvalue weighted by atomic mass is 16.4. The van der Waals surface area contributed by atoms with E-state index >= 15 is 0 Å². The Balaban J connectivity index is 2.51. The third-order valence-electron chi connectivity index (χ3n) is 5.71. The molecule has 0 aliphatic heterocycles. The quantitative estimate of drug-likeness (QED) is 0.617.